The average Bonchev–Trinajstić information content (AvgIpc) is 3.14. The normalized spacial score (nSPS) is 30.8. The monoisotopic (exact) mass is 500 g/mol. The fraction of sp³-hybridized carbons (Fsp3) is 0.591. The Morgan fingerprint density at radius 2 is 1.94 bits per heavy atom. The molecule has 1 heterocycles. The number of halogens is 1. The molecule has 1 saturated heterocycles. The van der Waals surface area contributed by atoms with Gasteiger partial charge in [0, 0.05) is 10.4 Å². The average molecular weight is 501 g/mol. The molecule has 7 nitrogen and oxygen atoms in total. The second-order valence-corrected chi connectivity index (χ2v) is 14.0. The van der Waals surface area contributed by atoms with E-state index < -0.39 is 43.5 Å². The molecule has 1 aliphatic heterocycles. The first kappa shape index (κ1) is 23.7. The molecule has 2 bridgehead atoms. The molecule has 2 saturated carbocycles. The van der Waals surface area contributed by atoms with Gasteiger partial charge in [-0.25, -0.2) is 21.1 Å². The number of rotatable bonds is 6. The summed E-state index contributed by atoms with van der Waals surface area (Å²) < 4.78 is 55.9. The van der Waals surface area contributed by atoms with Gasteiger partial charge in [-0.05, 0) is 68.2 Å². The van der Waals surface area contributed by atoms with Crippen LogP contribution in [0.25, 0.3) is 0 Å². The van der Waals surface area contributed by atoms with Crippen molar-refractivity contribution in [1.29, 1.82) is 0 Å². The van der Waals surface area contributed by atoms with Gasteiger partial charge in [0.25, 0.3) is 5.91 Å². The largest absolute Gasteiger partial charge is 0.272 e. The Morgan fingerprint density at radius 1 is 1.31 bits per heavy atom. The molecule has 1 amide bonds. The van der Waals surface area contributed by atoms with Crippen LogP contribution in [-0.2, 0) is 24.8 Å². The van der Waals surface area contributed by atoms with Crippen molar-refractivity contribution in [1.82, 2.24) is 9.03 Å². The summed E-state index contributed by atoms with van der Waals surface area (Å²) in [7, 11) is -7.95. The molecular formula is C22H29ClN2O5S2. The Labute approximate surface area is 195 Å². The highest BCUT2D eigenvalue weighted by atomic mass is 35.5. The second-order valence-electron chi connectivity index (χ2n) is 10.0. The summed E-state index contributed by atoms with van der Waals surface area (Å²) in [6.45, 7) is 9.69. The molecule has 176 valence electrons. The maximum atomic E-state index is 13.6. The highest BCUT2D eigenvalue weighted by Gasteiger charge is 2.72. The quantitative estimate of drug-likeness (QED) is 0.604. The first-order valence-electron chi connectivity index (χ1n) is 10.7. The van der Waals surface area contributed by atoms with Crippen molar-refractivity contribution < 1.29 is 21.6 Å². The third-order valence-corrected chi connectivity index (χ3v) is 11.6. The molecule has 1 aromatic carbocycles. The zero-order chi connectivity index (χ0) is 23.7. The van der Waals surface area contributed by atoms with Crippen LogP contribution in [0.2, 0.25) is 5.02 Å². The molecule has 10 heteroatoms. The van der Waals surface area contributed by atoms with E-state index >= 15 is 0 Å². The highest BCUT2D eigenvalue weighted by Crippen LogP contribution is 2.70. The Hall–Kier alpha value is -1.42. The van der Waals surface area contributed by atoms with E-state index in [1.165, 1.54) is 24.3 Å². The first-order valence-corrected chi connectivity index (χ1v) is 14.2. The number of hydrogen-bond donors (Lipinski definition) is 1. The molecule has 1 spiro atoms. The van der Waals surface area contributed by atoms with E-state index in [1.807, 2.05) is 0 Å². The third kappa shape index (κ3) is 3.52. The van der Waals surface area contributed by atoms with Crippen molar-refractivity contribution in [2.24, 2.45) is 16.7 Å². The van der Waals surface area contributed by atoms with E-state index in [1.54, 1.807) is 6.92 Å². The molecular weight excluding hydrogens is 472 g/mol. The summed E-state index contributed by atoms with van der Waals surface area (Å²) in [6, 6.07) is 3.87. The third-order valence-electron chi connectivity index (χ3n) is 7.90. The lowest BCUT2D eigenvalue weighted by atomic mass is 9.69. The minimum Gasteiger partial charge on any atom is -0.272 e. The van der Waals surface area contributed by atoms with Crippen LogP contribution in [0, 0.1) is 16.7 Å². The summed E-state index contributed by atoms with van der Waals surface area (Å²) in [4.78, 5) is 13.6. The predicted molar refractivity (Wildman–Crippen MR) is 123 cm³/mol. The van der Waals surface area contributed by atoms with E-state index in [4.69, 9.17) is 11.6 Å². The summed E-state index contributed by atoms with van der Waals surface area (Å²) >= 11 is 5.85. The van der Waals surface area contributed by atoms with Gasteiger partial charge in [0.15, 0.2) is 0 Å². The molecule has 32 heavy (non-hydrogen) atoms. The van der Waals surface area contributed by atoms with Gasteiger partial charge < -0.3 is 0 Å². The maximum absolute atomic E-state index is 13.6. The molecule has 1 N–H and O–H groups in total. The molecule has 4 atom stereocenters. The van der Waals surface area contributed by atoms with Crippen LogP contribution in [-0.4, -0.2) is 44.9 Å². The Balaban J connectivity index is 1.68. The first-order chi connectivity index (χ1) is 14.7. The molecule has 0 aromatic heterocycles. The second kappa shape index (κ2) is 7.55. The number of carbonyl (C=O) groups excluding carboxylic acids is 1. The lowest BCUT2D eigenvalue weighted by Crippen LogP contribution is -2.52. The fourth-order valence-corrected chi connectivity index (χ4v) is 10.0. The van der Waals surface area contributed by atoms with Gasteiger partial charge in [-0.1, -0.05) is 31.0 Å². The molecule has 3 aliphatic rings. The molecule has 0 radical (unpaired) electrons. The Kier molecular flexibility index (Phi) is 5.60. The lowest BCUT2D eigenvalue weighted by Gasteiger charge is -2.37. The Morgan fingerprint density at radius 3 is 2.50 bits per heavy atom. The summed E-state index contributed by atoms with van der Waals surface area (Å²) in [5.41, 5.74) is -0.0942. The number of fused-ring (bicyclic) bond motifs is 1. The smallest absolute Gasteiger partial charge is 0.254 e. The van der Waals surface area contributed by atoms with Crippen molar-refractivity contribution in [2.45, 2.75) is 63.4 Å². The van der Waals surface area contributed by atoms with Gasteiger partial charge in [-0.2, -0.15) is 4.72 Å². The van der Waals surface area contributed by atoms with Crippen molar-refractivity contribution in [3.63, 3.8) is 0 Å². The number of nitrogens with one attached hydrogen (secondary N) is 1. The van der Waals surface area contributed by atoms with Crippen LogP contribution < -0.4 is 4.72 Å². The minimum atomic E-state index is -4.08. The van der Waals surface area contributed by atoms with E-state index in [-0.39, 0.29) is 22.5 Å². The van der Waals surface area contributed by atoms with E-state index in [0.717, 1.165) is 17.1 Å². The maximum Gasteiger partial charge on any atom is 0.254 e. The number of carbonyl (C=O) groups is 1. The van der Waals surface area contributed by atoms with E-state index in [2.05, 4.69) is 25.1 Å². The van der Waals surface area contributed by atoms with Crippen LogP contribution in [0.4, 0.5) is 0 Å². The Bertz CT molecular complexity index is 1180. The molecule has 1 aromatic rings. The van der Waals surface area contributed by atoms with Crippen LogP contribution in [0.3, 0.4) is 0 Å². The fourth-order valence-electron chi connectivity index (χ4n) is 6.13. The SMILES string of the molecule is C=C(C)C[C@@H](NS(=O)(=O)c1ccc(Cl)cc1)C(=O)N1[C@H]2CC3CC[C@]2(CS1(=O)=O)C3(C)C. The topological polar surface area (TPSA) is 101 Å². The van der Waals surface area contributed by atoms with Crippen LogP contribution in [0.1, 0.15) is 46.5 Å². The number of hydrogen-bond acceptors (Lipinski definition) is 5. The molecule has 2 aliphatic carbocycles. The van der Waals surface area contributed by atoms with E-state index in [0.29, 0.717) is 22.9 Å². The van der Waals surface area contributed by atoms with Crippen molar-refractivity contribution in [3.05, 3.63) is 41.4 Å². The number of nitrogens with zero attached hydrogens (tertiary/aromatic N) is 1. The standard InChI is InChI=1S/C22H29ClN2O5S2/c1-14(2)11-18(24-32(29,30)17-7-5-16(23)6-8-17)20(26)25-19-12-15-9-10-22(19,21(15,3)4)13-31(25,27)28/h5-8,15,18-19,24H,1,9-13H2,2-4H3/t15?,18-,19+,22-/m1/s1. The van der Waals surface area contributed by atoms with Gasteiger partial charge >= 0.3 is 0 Å². The number of benzene rings is 1. The van der Waals surface area contributed by atoms with Gasteiger partial charge in [-0.3, -0.25) is 4.79 Å². The number of amides is 1. The highest BCUT2D eigenvalue weighted by molar-refractivity contribution is 7.90. The lowest BCUT2D eigenvalue weighted by molar-refractivity contribution is -0.130. The van der Waals surface area contributed by atoms with Crippen molar-refractivity contribution >= 4 is 37.6 Å². The van der Waals surface area contributed by atoms with Gasteiger partial charge in [0.2, 0.25) is 20.0 Å². The van der Waals surface area contributed by atoms with Crippen LogP contribution >= 0.6 is 11.6 Å². The summed E-state index contributed by atoms with van der Waals surface area (Å²) in [5, 5.41) is 0.380. The number of sulfonamides is 2. The summed E-state index contributed by atoms with van der Waals surface area (Å²) in [5.74, 6) is -0.441. The van der Waals surface area contributed by atoms with Gasteiger partial charge in [-0.15, -0.1) is 6.58 Å². The zero-order valence-corrected chi connectivity index (χ0v) is 20.9. The van der Waals surface area contributed by atoms with Gasteiger partial charge in [0.1, 0.15) is 6.04 Å². The zero-order valence-electron chi connectivity index (χ0n) is 18.5. The summed E-state index contributed by atoms with van der Waals surface area (Å²) in [6.07, 6.45) is 2.35. The van der Waals surface area contributed by atoms with Crippen LogP contribution in [0.5, 0.6) is 0 Å². The molecule has 3 fully saturated rings. The van der Waals surface area contributed by atoms with Crippen molar-refractivity contribution in [3.8, 4) is 0 Å². The van der Waals surface area contributed by atoms with E-state index in [9.17, 15) is 21.6 Å². The predicted octanol–water partition coefficient (Wildman–Crippen LogP) is 3.32. The molecule has 4 rings (SSSR count). The van der Waals surface area contributed by atoms with Gasteiger partial charge in [0.05, 0.1) is 16.7 Å². The van der Waals surface area contributed by atoms with Crippen LogP contribution in [0.15, 0.2) is 41.3 Å². The molecule has 1 unspecified atom stereocenters. The minimum absolute atomic E-state index is 0.00418. The van der Waals surface area contributed by atoms with Crippen molar-refractivity contribution in [2.75, 3.05) is 5.75 Å².